The third-order valence-electron chi connectivity index (χ3n) is 5.29. The zero-order chi connectivity index (χ0) is 20.9. The molecule has 0 N–H and O–H groups in total. The summed E-state index contributed by atoms with van der Waals surface area (Å²) in [5.74, 6) is 1.73. The zero-order valence-electron chi connectivity index (χ0n) is 16.0. The summed E-state index contributed by atoms with van der Waals surface area (Å²) in [4.78, 5) is 22.4. The second kappa shape index (κ2) is 6.82. The minimum atomic E-state index is -0.214. The molecular weight excluding hydrogens is 418 g/mol. The Labute approximate surface area is 180 Å². The molecule has 9 heteroatoms. The van der Waals surface area contributed by atoms with Gasteiger partial charge in [0, 0.05) is 22.3 Å². The van der Waals surface area contributed by atoms with Crippen molar-refractivity contribution in [2.75, 3.05) is 6.79 Å². The Bertz CT molecular complexity index is 1540. The number of halogens is 1. The molecule has 0 spiro atoms. The summed E-state index contributed by atoms with van der Waals surface area (Å²) < 4.78 is 14.2. The Kier molecular flexibility index (Phi) is 3.94. The maximum Gasteiger partial charge on any atom is 0.262 e. The summed E-state index contributed by atoms with van der Waals surface area (Å²) in [5, 5.41) is 5.21. The van der Waals surface area contributed by atoms with Gasteiger partial charge < -0.3 is 14.0 Å². The van der Waals surface area contributed by atoms with Crippen molar-refractivity contribution in [3.63, 3.8) is 0 Å². The Morgan fingerprint density at radius 1 is 1.06 bits per heavy atom. The van der Waals surface area contributed by atoms with Gasteiger partial charge in [-0.25, -0.2) is 4.98 Å². The Morgan fingerprint density at radius 2 is 1.97 bits per heavy atom. The van der Waals surface area contributed by atoms with Gasteiger partial charge in [0.05, 0.1) is 23.1 Å². The maximum atomic E-state index is 13.7. The number of hydrogen-bond acceptors (Lipinski definition) is 6. The van der Waals surface area contributed by atoms with Crippen LogP contribution in [0.2, 0.25) is 5.02 Å². The molecule has 31 heavy (non-hydrogen) atoms. The predicted molar refractivity (Wildman–Crippen MR) is 115 cm³/mol. The van der Waals surface area contributed by atoms with Crippen LogP contribution in [-0.4, -0.2) is 30.9 Å². The zero-order valence-corrected chi connectivity index (χ0v) is 16.8. The predicted octanol–water partition coefficient (Wildman–Crippen LogP) is 3.54. The molecule has 1 aliphatic rings. The first-order valence-electron chi connectivity index (χ1n) is 9.56. The highest BCUT2D eigenvalue weighted by atomic mass is 35.5. The first-order chi connectivity index (χ1) is 15.2. The quantitative estimate of drug-likeness (QED) is 0.434. The van der Waals surface area contributed by atoms with Crippen molar-refractivity contribution in [1.82, 2.24) is 24.1 Å². The molecule has 0 fully saturated rings. The van der Waals surface area contributed by atoms with Gasteiger partial charge in [-0.2, -0.15) is 14.6 Å². The minimum absolute atomic E-state index is 0.170. The van der Waals surface area contributed by atoms with Gasteiger partial charge in [-0.1, -0.05) is 41.9 Å². The summed E-state index contributed by atoms with van der Waals surface area (Å²) >= 11 is 6.49. The summed E-state index contributed by atoms with van der Waals surface area (Å²) in [5.41, 5.74) is 2.40. The third-order valence-corrected chi connectivity index (χ3v) is 5.62. The maximum absolute atomic E-state index is 13.7. The van der Waals surface area contributed by atoms with Crippen LogP contribution >= 0.6 is 11.6 Å². The number of aromatic nitrogens is 5. The van der Waals surface area contributed by atoms with Crippen molar-refractivity contribution < 1.29 is 9.47 Å². The number of para-hydroxylation sites is 1. The van der Waals surface area contributed by atoms with Crippen molar-refractivity contribution in [2.24, 2.45) is 0 Å². The highest BCUT2D eigenvalue weighted by Gasteiger charge is 2.21. The van der Waals surface area contributed by atoms with Crippen molar-refractivity contribution in [2.45, 2.75) is 6.54 Å². The van der Waals surface area contributed by atoms with Crippen molar-refractivity contribution >= 4 is 28.3 Å². The van der Waals surface area contributed by atoms with Crippen LogP contribution in [0.25, 0.3) is 27.9 Å². The number of ether oxygens (including phenoxy) is 2. The van der Waals surface area contributed by atoms with Crippen molar-refractivity contribution in [3.05, 3.63) is 82.0 Å². The molecule has 2 aromatic carbocycles. The highest BCUT2D eigenvalue weighted by Crippen LogP contribution is 2.36. The molecular formula is C22H14ClN5O3. The average molecular weight is 432 g/mol. The van der Waals surface area contributed by atoms with Crippen LogP contribution in [0.5, 0.6) is 11.5 Å². The van der Waals surface area contributed by atoms with Crippen LogP contribution < -0.4 is 15.0 Å². The van der Waals surface area contributed by atoms with Gasteiger partial charge in [-0.05, 0) is 18.2 Å². The van der Waals surface area contributed by atoms with Gasteiger partial charge in [0.2, 0.25) is 6.79 Å². The van der Waals surface area contributed by atoms with Crippen LogP contribution in [0.15, 0.2) is 65.8 Å². The second-order valence-corrected chi connectivity index (χ2v) is 7.48. The largest absolute Gasteiger partial charge is 0.454 e. The van der Waals surface area contributed by atoms with E-state index in [4.69, 9.17) is 21.1 Å². The molecule has 4 heterocycles. The average Bonchev–Trinajstić information content (AvgIpc) is 3.44. The minimum Gasteiger partial charge on any atom is -0.454 e. The van der Waals surface area contributed by atoms with Gasteiger partial charge in [-0.3, -0.25) is 4.79 Å². The molecule has 0 saturated heterocycles. The fourth-order valence-electron chi connectivity index (χ4n) is 3.89. The molecule has 0 saturated carbocycles. The topological polar surface area (TPSA) is 83.5 Å². The SMILES string of the molecule is O=c1c2c(-c3ccccc3Cl)n3ncnc3nc2ccn1Cc1cccc2c1OCO2. The lowest BCUT2D eigenvalue weighted by Crippen LogP contribution is -2.22. The molecule has 5 aromatic rings. The van der Waals surface area contributed by atoms with Gasteiger partial charge in [0.25, 0.3) is 11.3 Å². The number of pyridine rings is 1. The highest BCUT2D eigenvalue weighted by molar-refractivity contribution is 6.33. The Hall–Kier alpha value is -3.91. The van der Waals surface area contributed by atoms with Crippen LogP contribution in [0.4, 0.5) is 0 Å². The number of rotatable bonds is 3. The smallest absolute Gasteiger partial charge is 0.262 e. The van der Waals surface area contributed by atoms with Gasteiger partial charge >= 0.3 is 0 Å². The van der Waals surface area contributed by atoms with E-state index in [-0.39, 0.29) is 12.4 Å². The molecule has 0 bridgehead atoms. The van der Waals surface area contributed by atoms with E-state index < -0.39 is 0 Å². The van der Waals surface area contributed by atoms with Crippen LogP contribution in [0, 0.1) is 0 Å². The van der Waals surface area contributed by atoms with E-state index in [0.29, 0.717) is 51.0 Å². The van der Waals surface area contributed by atoms with E-state index in [1.54, 1.807) is 27.4 Å². The lowest BCUT2D eigenvalue weighted by molar-refractivity contribution is 0.173. The third kappa shape index (κ3) is 2.76. The van der Waals surface area contributed by atoms with Gasteiger partial charge in [0.1, 0.15) is 6.33 Å². The van der Waals surface area contributed by atoms with Crippen LogP contribution in [0.1, 0.15) is 5.56 Å². The normalized spacial score (nSPS) is 12.7. The van der Waals surface area contributed by atoms with E-state index in [1.165, 1.54) is 6.33 Å². The molecule has 0 unspecified atom stereocenters. The number of benzene rings is 2. The lowest BCUT2D eigenvalue weighted by atomic mass is 10.1. The Morgan fingerprint density at radius 3 is 2.87 bits per heavy atom. The summed E-state index contributed by atoms with van der Waals surface area (Å²) in [6.07, 6.45) is 3.13. The van der Waals surface area contributed by atoms with E-state index in [0.717, 1.165) is 5.56 Å². The molecule has 0 atom stereocenters. The summed E-state index contributed by atoms with van der Waals surface area (Å²) in [6, 6.07) is 14.8. The fourth-order valence-corrected chi connectivity index (χ4v) is 4.11. The van der Waals surface area contributed by atoms with E-state index in [9.17, 15) is 4.79 Å². The second-order valence-electron chi connectivity index (χ2n) is 7.07. The monoisotopic (exact) mass is 431 g/mol. The van der Waals surface area contributed by atoms with Gasteiger partial charge in [0.15, 0.2) is 11.5 Å². The first kappa shape index (κ1) is 17.9. The molecule has 0 aliphatic carbocycles. The molecule has 3 aromatic heterocycles. The van der Waals surface area contributed by atoms with Crippen LogP contribution in [0.3, 0.4) is 0 Å². The van der Waals surface area contributed by atoms with Crippen LogP contribution in [-0.2, 0) is 6.54 Å². The lowest BCUT2D eigenvalue weighted by Gasteiger charge is -2.13. The summed E-state index contributed by atoms with van der Waals surface area (Å²) in [6.45, 7) is 0.489. The number of hydrogen-bond donors (Lipinski definition) is 0. The van der Waals surface area contributed by atoms with E-state index in [1.807, 2.05) is 36.4 Å². The molecule has 0 amide bonds. The first-order valence-corrected chi connectivity index (χ1v) is 9.94. The van der Waals surface area contributed by atoms with Crippen molar-refractivity contribution in [3.8, 4) is 22.8 Å². The molecule has 1 aliphatic heterocycles. The fraction of sp³-hybridized carbons (Fsp3) is 0.0909. The molecule has 0 radical (unpaired) electrons. The number of fused-ring (bicyclic) bond motifs is 3. The van der Waals surface area contributed by atoms with Gasteiger partial charge in [-0.15, -0.1) is 0 Å². The Balaban J connectivity index is 1.62. The standard InChI is InChI=1S/C22H14ClN5O3/c23-15-6-2-1-5-14(15)19-18-16(26-22-24-11-25-28(19)22)8-9-27(21(18)29)10-13-4-3-7-17-20(13)31-12-30-17/h1-9,11H,10,12H2. The van der Waals surface area contributed by atoms with Crippen molar-refractivity contribution in [1.29, 1.82) is 0 Å². The molecule has 6 rings (SSSR count). The molecule has 152 valence electrons. The van der Waals surface area contributed by atoms with E-state index >= 15 is 0 Å². The summed E-state index contributed by atoms with van der Waals surface area (Å²) in [7, 11) is 0. The molecule has 8 nitrogen and oxygen atoms in total. The number of nitrogens with zero attached hydrogens (tertiary/aromatic N) is 5. The van der Waals surface area contributed by atoms with E-state index in [2.05, 4.69) is 15.1 Å².